The third-order valence-corrected chi connectivity index (χ3v) is 1.53. The van der Waals surface area contributed by atoms with Gasteiger partial charge in [-0.2, -0.15) is 0 Å². The molecule has 0 fully saturated rings. The molecular formula is C9H18O4. The highest BCUT2D eigenvalue weighted by Gasteiger charge is 2.08. The van der Waals surface area contributed by atoms with Gasteiger partial charge in [-0.05, 0) is 6.42 Å². The predicted octanol–water partition coefficient (Wildman–Crippen LogP) is 0.727. The molecule has 0 saturated heterocycles. The van der Waals surface area contributed by atoms with Crippen LogP contribution >= 0.6 is 0 Å². The summed E-state index contributed by atoms with van der Waals surface area (Å²) < 4.78 is 9.96. The van der Waals surface area contributed by atoms with E-state index in [0.29, 0.717) is 6.61 Å². The lowest BCUT2D eigenvalue weighted by Crippen LogP contribution is -2.25. The molecule has 0 radical (unpaired) electrons. The monoisotopic (exact) mass is 190 g/mol. The molecule has 1 N–H and O–H groups in total. The molecule has 4 nitrogen and oxygen atoms in total. The van der Waals surface area contributed by atoms with Gasteiger partial charge in [0.25, 0.3) is 0 Å². The average molecular weight is 190 g/mol. The molecule has 0 aromatic heterocycles. The Labute approximate surface area is 78.8 Å². The van der Waals surface area contributed by atoms with E-state index < -0.39 is 0 Å². The van der Waals surface area contributed by atoms with E-state index in [1.54, 1.807) is 0 Å². The lowest BCUT2D eigenvalue weighted by atomic mass is 10.3. The number of carbonyl (C=O) groups is 1. The number of aliphatic hydroxyl groups is 1. The van der Waals surface area contributed by atoms with Gasteiger partial charge in [-0.3, -0.25) is 4.79 Å². The van der Waals surface area contributed by atoms with Gasteiger partial charge in [-0.25, -0.2) is 0 Å². The molecule has 0 aliphatic rings. The van der Waals surface area contributed by atoms with Crippen LogP contribution in [0.1, 0.15) is 26.7 Å². The van der Waals surface area contributed by atoms with Crippen LogP contribution < -0.4 is 0 Å². The van der Waals surface area contributed by atoms with Crippen molar-refractivity contribution < 1.29 is 19.4 Å². The van der Waals surface area contributed by atoms with Crippen molar-refractivity contribution in [2.24, 2.45) is 0 Å². The summed E-state index contributed by atoms with van der Waals surface area (Å²) in [4.78, 5) is 10.4. The molecule has 0 aliphatic heterocycles. The first-order valence-electron chi connectivity index (χ1n) is 4.56. The fraction of sp³-hybridized carbons (Fsp3) is 0.889. The van der Waals surface area contributed by atoms with E-state index >= 15 is 0 Å². The normalized spacial score (nSPS) is 12.5. The van der Waals surface area contributed by atoms with Crippen molar-refractivity contribution in [1.29, 1.82) is 0 Å². The third-order valence-electron chi connectivity index (χ3n) is 1.53. The van der Waals surface area contributed by atoms with E-state index in [9.17, 15) is 4.79 Å². The highest BCUT2D eigenvalue weighted by atomic mass is 16.6. The van der Waals surface area contributed by atoms with Crippen LogP contribution in [-0.2, 0) is 14.3 Å². The Balaban J connectivity index is 3.45. The number of esters is 1. The number of hydrogen-bond donors (Lipinski definition) is 1. The highest BCUT2D eigenvalue weighted by Crippen LogP contribution is 1.96. The molecular weight excluding hydrogens is 172 g/mol. The number of ether oxygens (including phenoxy) is 2. The zero-order valence-electron chi connectivity index (χ0n) is 8.28. The lowest BCUT2D eigenvalue weighted by Gasteiger charge is -2.14. The van der Waals surface area contributed by atoms with Crippen LogP contribution in [0.3, 0.4) is 0 Å². The van der Waals surface area contributed by atoms with Crippen LogP contribution in [0.2, 0.25) is 0 Å². The number of unbranched alkanes of at least 4 members (excludes halogenated alkanes) is 1. The minimum atomic E-state index is -0.379. The van der Waals surface area contributed by atoms with Gasteiger partial charge in [0.2, 0.25) is 0 Å². The summed E-state index contributed by atoms with van der Waals surface area (Å²) in [5, 5.41) is 8.82. The fourth-order valence-electron chi connectivity index (χ4n) is 0.758. The smallest absolute Gasteiger partial charge is 0.302 e. The topological polar surface area (TPSA) is 55.8 Å². The molecule has 78 valence electrons. The standard InChI is InChI=1S/C9H18O4/c1-3-4-5-12-9(6-10)7-13-8(2)11/h9-10H,3-7H2,1-2H3. The van der Waals surface area contributed by atoms with Crippen LogP contribution in [0, 0.1) is 0 Å². The van der Waals surface area contributed by atoms with Gasteiger partial charge in [0.15, 0.2) is 0 Å². The summed E-state index contributed by atoms with van der Waals surface area (Å²) >= 11 is 0. The van der Waals surface area contributed by atoms with E-state index in [2.05, 4.69) is 6.92 Å². The fourth-order valence-corrected chi connectivity index (χ4v) is 0.758. The summed E-state index contributed by atoms with van der Waals surface area (Å²) in [6, 6.07) is 0. The molecule has 0 heterocycles. The Bertz CT molecular complexity index is 136. The van der Waals surface area contributed by atoms with Gasteiger partial charge in [-0.15, -0.1) is 0 Å². The first-order valence-corrected chi connectivity index (χ1v) is 4.56. The second kappa shape index (κ2) is 8.01. The maximum Gasteiger partial charge on any atom is 0.302 e. The molecule has 1 unspecified atom stereocenters. The largest absolute Gasteiger partial charge is 0.463 e. The van der Waals surface area contributed by atoms with Crippen LogP contribution in [-0.4, -0.2) is 37.0 Å². The lowest BCUT2D eigenvalue weighted by molar-refractivity contribution is -0.146. The van der Waals surface area contributed by atoms with Gasteiger partial charge in [0.1, 0.15) is 12.7 Å². The molecule has 0 rings (SSSR count). The average Bonchev–Trinajstić information content (AvgIpc) is 2.10. The summed E-state index contributed by atoms with van der Waals surface area (Å²) in [6.07, 6.45) is 1.62. The van der Waals surface area contributed by atoms with E-state index in [1.165, 1.54) is 6.92 Å². The molecule has 1 atom stereocenters. The van der Waals surface area contributed by atoms with Crippen molar-refractivity contribution in [1.82, 2.24) is 0 Å². The maximum atomic E-state index is 10.4. The second-order valence-electron chi connectivity index (χ2n) is 2.83. The quantitative estimate of drug-likeness (QED) is 0.475. The van der Waals surface area contributed by atoms with Gasteiger partial charge in [-0.1, -0.05) is 13.3 Å². The first-order chi connectivity index (χ1) is 6.20. The molecule has 0 aromatic rings. The molecule has 0 aliphatic carbocycles. The van der Waals surface area contributed by atoms with E-state index in [4.69, 9.17) is 14.6 Å². The van der Waals surface area contributed by atoms with Crippen molar-refractivity contribution in [2.75, 3.05) is 19.8 Å². The predicted molar refractivity (Wildman–Crippen MR) is 48.4 cm³/mol. The highest BCUT2D eigenvalue weighted by molar-refractivity contribution is 5.65. The minimum Gasteiger partial charge on any atom is -0.463 e. The molecule has 13 heavy (non-hydrogen) atoms. The Morgan fingerprint density at radius 3 is 2.69 bits per heavy atom. The van der Waals surface area contributed by atoms with Crippen molar-refractivity contribution in [2.45, 2.75) is 32.8 Å². The Morgan fingerprint density at radius 1 is 1.54 bits per heavy atom. The van der Waals surface area contributed by atoms with Gasteiger partial charge in [0.05, 0.1) is 6.61 Å². The van der Waals surface area contributed by atoms with Crippen LogP contribution in [0.15, 0.2) is 0 Å². The Morgan fingerprint density at radius 2 is 2.23 bits per heavy atom. The van der Waals surface area contributed by atoms with Gasteiger partial charge in [0, 0.05) is 13.5 Å². The Hall–Kier alpha value is -0.610. The van der Waals surface area contributed by atoms with Gasteiger partial charge < -0.3 is 14.6 Å². The minimum absolute atomic E-state index is 0.114. The van der Waals surface area contributed by atoms with Gasteiger partial charge >= 0.3 is 5.97 Å². The first kappa shape index (κ1) is 12.4. The number of rotatable bonds is 7. The van der Waals surface area contributed by atoms with Crippen molar-refractivity contribution in [3.8, 4) is 0 Å². The molecule has 0 spiro atoms. The molecule has 4 heteroatoms. The SMILES string of the molecule is CCCCOC(CO)COC(C)=O. The van der Waals surface area contributed by atoms with Crippen molar-refractivity contribution in [3.05, 3.63) is 0 Å². The van der Waals surface area contributed by atoms with E-state index in [0.717, 1.165) is 12.8 Å². The zero-order chi connectivity index (χ0) is 10.1. The molecule has 0 bridgehead atoms. The zero-order valence-corrected chi connectivity index (χ0v) is 8.28. The molecule has 0 amide bonds. The van der Waals surface area contributed by atoms with E-state index in [1.807, 2.05) is 0 Å². The number of carbonyl (C=O) groups excluding carboxylic acids is 1. The van der Waals surface area contributed by atoms with Crippen molar-refractivity contribution >= 4 is 5.97 Å². The maximum absolute atomic E-state index is 10.4. The molecule has 0 aromatic carbocycles. The van der Waals surface area contributed by atoms with Crippen LogP contribution in [0.4, 0.5) is 0 Å². The number of aliphatic hydroxyl groups excluding tert-OH is 1. The van der Waals surface area contributed by atoms with Crippen molar-refractivity contribution in [3.63, 3.8) is 0 Å². The summed E-state index contributed by atoms with van der Waals surface area (Å²) in [5.41, 5.74) is 0. The number of hydrogen-bond acceptors (Lipinski definition) is 4. The van der Waals surface area contributed by atoms with Crippen LogP contribution in [0.5, 0.6) is 0 Å². The third kappa shape index (κ3) is 7.74. The summed E-state index contributed by atoms with van der Waals surface area (Å²) in [7, 11) is 0. The summed E-state index contributed by atoms with van der Waals surface area (Å²) in [5.74, 6) is -0.349. The second-order valence-corrected chi connectivity index (χ2v) is 2.83. The molecule has 0 saturated carbocycles. The van der Waals surface area contributed by atoms with Crippen LogP contribution in [0.25, 0.3) is 0 Å². The Kier molecular flexibility index (Phi) is 7.63. The van der Waals surface area contributed by atoms with E-state index in [-0.39, 0.29) is 25.3 Å². The summed E-state index contributed by atoms with van der Waals surface area (Å²) in [6.45, 7) is 4.01.